The Morgan fingerprint density at radius 1 is 1.11 bits per heavy atom. The van der Waals surface area contributed by atoms with Gasteiger partial charge in [-0.25, -0.2) is 0 Å². The van der Waals surface area contributed by atoms with Crippen LogP contribution in [-0.4, -0.2) is 42.2 Å². The molecule has 0 aliphatic carbocycles. The van der Waals surface area contributed by atoms with Crippen molar-refractivity contribution in [3.63, 3.8) is 0 Å². The van der Waals surface area contributed by atoms with E-state index in [2.05, 4.69) is 11.0 Å². The van der Waals surface area contributed by atoms with Crippen molar-refractivity contribution < 1.29 is 9.90 Å². The third kappa shape index (κ3) is 5.23. The number of hydrogen-bond acceptors (Lipinski definition) is 3. The van der Waals surface area contributed by atoms with Crippen LogP contribution in [0.5, 0.6) is 0 Å². The molecule has 3 rings (SSSR count). The molecule has 0 spiro atoms. The minimum absolute atomic E-state index is 0.130. The predicted octanol–water partition coefficient (Wildman–Crippen LogP) is 4.16. The molecule has 0 aromatic heterocycles. The number of aliphatic hydroxyl groups is 1. The summed E-state index contributed by atoms with van der Waals surface area (Å²) in [5.41, 5.74) is 3.31. The van der Waals surface area contributed by atoms with E-state index >= 15 is 0 Å². The zero-order valence-electron chi connectivity index (χ0n) is 15.2. The molecule has 1 aliphatic heterocycles. The monoisotopic (exact) mass is 406 g/mol. The van der Waals surface area contributed by atoms with Crippen molar-refractivity contribution in [2.24, 2.45) is 0 Å². The van der Waals surface area contributed by atoms with Crippen LogP contribution in [-0.2, 0) is 17.8 Å². The van der Waals surface area contributed by atoms with Crippen molar-refractivity contribution in [2.45, 2.75) is 25.8 Å². The van der Waals surface area contributed by atoms with Crippen LogP contribution in [0.1, 0.15) is 24.0 Å². The standard InChI is InChI=1S/C21H24Cl2N2O2/c22-18-7-6-16(14-19(18)23)15-24(10-3-13-26)11-9-21(27)25-12-8-17-4-1-2-5-20(17)25/h1-2,4-7,14,26H,3,8-13,15H2. The Hall–Kier alpha value is -1.59. The van der Waals surface area contributed by atoms with Crippen LogP contribution < -0.4 is 4.90 Å². The average Bonchev–Trinajstić information content (AvgIpc) is 3.11. The smallest absolute Gasteiger partial charge is 0.228 e. The number of benzene rings is 2. The van der Waals surface area contributed by atoms with E-state index in [9.17, 15) is 9.90 Å². The molecule has 0 unspecified atom stereocenters. The van der Waals surface area contributed by atoms with Gasteiger partial charge in [-0.05, 0) is 42.2 Å². The molecule has 2 aromatic rings. The van der Waals surface area contributed by atoms with Gasteiger partial charge < -0.3 is 10.0 Å². The summed E-state index contributed by atoms with van der Waals surface area (Å²) in [7, 11) is 0. The molecule has 1 N–H and O–H groups in total. The summed E-state index contributed by atoms with van der Waals surface area (Å²) in [6.07, 6.45) is 2.03. The number of halogens is 2. The highest BCUT2D eigenvalue weighted by atomic mass is 35.5. The molecule has 1 amide bonds. The zero-order chi connectivity index (χ0) is 19.2. The summed E-state index contributed by atoms with van der Waals surface area (Å²) in [5, 5.41) is 10.2. The Balaban J connectivity index is 1.61. The molecule has 0 saturated heterocycles. The summed E-state index contributed by atoms with van der Waals surface area (Å²) in [4.78, 5) is 16.8. The van der Waals surface area contributed by atoms with Crippen LogP contribution in [0.15, 0.2) is 42.5 Å². The number of carbonyl (C=O) groups excluding carboxylic acids is 1. The number of fused-ring (bicyclic) bond motifs is 1. The van der Waals surface area contributed by atoms with Gasteiger partial charge in [0.2, 0.25) is 5.91 Å². The molecule has 0 bridgehead atoms. The quantitative estimate of drug-likeness (QED) is 0.715. The number of para-hydroxylation sites is 1. The van der Waals surface area contributed by atoms with Gasteiger partial charge in [0.25, 0.3) is 0 Å². The molecule has 144 valence electrons. The highest BCUT2D eigenvalue weighted by Gasteiger charge is 2.24. The molecule has 0 saturated carbocycles. The predicted molar refractivity (Wildman–Crippen MR) is 111 cm³/mol. The molecule has 27 heavy (non-hydrogen) atoms. The molecular formula is C21H24Cl2N2O2. The van der Waals surface area contributed by atoms with Gasteiger partial charge in [-0.1, -0.05) is 47.5 Å². The molecule has 0 atom stereocenters. The van der Waals surface area contributed by atoms with Crippen LogP contribution >= 0.6 is 23.2 Å². The minimum atomic E-state index is 0.130. The van der Waals surface area contributed by atoms with Gasteiger partial charge in [-0.15, -0.1) is 0 Å². The third-order valence-corrected chi connectivity index (χ3v) is 5.59. The molecule has 1 heterocycles. The lowest BCUT2D eigenvalue weighted by Gasteiger charge is -2.24. The van der Waals surface area contributed by atoms with Gasteiger partial charge in [0.15, 0.2) is 0 Å². The fraction of sp³-hybridized carbons (Fsp3) is 0.381. The van der Waals surface area contributed by atoms with E-state index in [1.165, 1.54) is 5.56 Å². The summed E-state index contributed by atoms with van der Waals surface area (Å²) < 4.78 is 0. The Morgan fingerprint density at radius 3 is 2.70 bits per heavy atom. The van der Waals surface area contributed by atoms with Crippen LogP contribution in [0, 0.1) is 0 Å². The second-order valence-corrected chi connectivity index (χ2v) is 7.59. The second-order valence-electron chi connectivity index (χ2n) is 6.78. The van der Waals surface area contributed by atoms with Gasteiger partial charge >= 0.3 is 0 Å². The van der Waals surface area contributed by atoms with Crippen LogP contribution in [0.2, 0.25) is 10.0 Å². The first-order valence-electron chi connectivity index (χ1n) is 9.24. The normalized spacial score (nSPS) is 13.3. The van der Waals surface area contributed by atoms with Crippen LogP contribution in [0.3, 0.4) is 0 Å². The zero-order valence-corrected chi connectivity index (χ0v) is 16.7. The fourth-order valence-corrected chi connectivity index (χ4v) is 3.77. The van der Waals surface area contributed by atoms with E-state index in [4.69, 9.17) is 23.2 Å². The Kier molecular flexibility index (Phi) is 7.13. The van der Waals surface area contributed by atoms with Gasteiger partial charge in [0, 0.05) is 44.9 Å². The largest absolute Gasteiger partial charge is 0.396 e. The van der Waals surface area contributed by atoms with Crippen molar-refractivity contribution in [3.05, 3.63) is 63.6 Å². The molecule has 0 fully saturated rings. The first-order valence-corrected chi connectivity index (χ1v) is 9.99. The number of anilines is 1. The van der Waals surface area contributed by atoms with E-state index in [0.29, 0.717) is 36.0 Å². The lowest BCUT2D eigenvalue weighted by molar-refractivity contribution is -0.118. The molecular weight excluding hydrogens is 383 g/mol. The maximum absolute atomic E-state index is 12.7. The highest BCUT2D eigenvalue weighted by Crippen LogP contribution is 2.28. The van der Waals surface area contributed by atoms with Gasteiger partial charge in [-0.3, -0.25) is 9.69 Å². The summed E-state index contributed by atoms with van der Waals surface area (Å²) >= 11 is 12.1. The van der Waals surface area contributed by atoms with E-state index in [1.54, 1.807) is 6.07 Å². The number of aliphatic hydroxyl groups excluding tert-OH is 1. The fourth-order valence-electron chi connectivity index (χ4n) is 3.45. The van der Waals surface area contributed by atoms with Gasteiger partial charge in [0.1, 0.15) is 0 Å². The summed E-state index contributed by atoms with van der Waals surface area (Å²) in [6, 6.07) is 13.7. The summed E-state index contributed by atoms with van der Waals surface area (Å²) in [6.45, 7) is 2.91. The van der Waals surface area contributed by atoms with E-state index < -0.39 is 0 Å². The number of carbonyl (C=O) groups is 1. The maximum Gasteiger partial charge on any atom is 0.228 e. The van der Waals surface area contributed by atoms with Crippen molar-refractivity contribution in [1.29, 1.82) is 0 Å². The Morgan fingerprint density at radius 2 is 1.93 bits per heavy atom. The molecule has 2 aromatic carbocycles. The highest BCUT2D eigenvalue weighted by molar-refractivity contribution is 6.42. The average molecular weight is 407 g/mol. The Bertz CT molecular complexity index is 798. The summed E-state index contributed by atoms with van der Waals surface area (Å²) in [5.74, 6) is 0.142. The molecule has 1 aliphatic rings. The lowest BCUT2D eigenvalue weighted by atomic mass is 10.2. The van der Waals surface area contributed by atoms with Crippen LogP contribution in [0.25, 0.3) is 0 Å². The van der Waals surface area contributed by atoms with Crippen molar-refractivity contribution in [3.8, 4) is 0 Å². The number of hydrogen-bond donors (Lipinski definition) is 1. The Labute approximate surface area is 170 Å². The topological polar surface area (TPSA) is 43.8 Å². The molecule has 0 radical (unpaired) electrons. The molecule has 6 heteroatoms. The molecule has 4 nitrogen and oxygen atoms in total. The van der Waals surface area contributed by atoms with Gasteiger partial charge in [0.05, 0.1) is 10.0 Å². The maximum atomic E-state index is 12.7. The SMILES string of the molecule is O=C(CCN(CCCO)Cc1ccc(Cl)c(Cl)c1)N1CCc2ccccc21. The second kappa shape index (κ2) is 9.56. The van der Waals surface area contributed by atoms with E-state index in [1.807, 2.05) is 35.2 Å². The van der Waals surface area contributed by atoms with Gasteiger partial charge in [-0.2, -0.15) is 0 Å². The number of nitrogens with zero attached hydrogens (tertiary/aromatic N) is 2. The first kappa shape index (κ1) is 20.2. The van der Waals surface area contributed by atoms with E-state index in [0.717, 1.165) is 30.8 Å². The lowest BCUT2D eigenvalue weighted by Crippen LogP contribution is -2.34. The third-order valence-electron chi connectivity index (χ3n) is 4.85. The van der Waals surface area contributed by atoms with E-state index in [-0.39, 0.29) is 12.5 Å². The minimum Gasteiger partial charge on any atom is -0.396 e. The first-order chi connectivity index (χ1) is 13.1. The van der Waals surface area contributed by atoms with Crippen molar-refractivity contribution in [2.75, 3.05) is 31.1 Å². The number of amides is 1. The van der Waals surface area contributed by atoms with Crippen molar-refractivity contribution >= 4 is 34.8 Å². The van der Waals surface area contributed by atoms with Crippen LogP contribution in [0.4, 0.5) is 5.69 Å². The van der Waals surface area contributed by atoms with Crippen molar-refractivity contribution in [1.82, 2.24) is 4.90 Å². The number of rotatable bonds is 8.